The summed E-state index contributed by atoms with van der Waals surface area (Å²) in [5.74, 6) is 0.588. The van der Waals surface area contributed by atoms with E-state index in [0.29, 0.717) is 5.13 Å². The lowest BCUT2D eigenvalue weighted by molar-refractivity contribution is -0.118. The summed E-state index contributed by atoms with van der Waals surface area (Å²) in [4.78, 5) is 20.1. The molecular formula is C14H15N3O2S. The summed E-state index contributed by atoms with van der Waals surface area (Å²) in [6, 6.07) is 1.83. The van der Waals surface area contributed by atoms with Gasteiger partial charge >= 0.3 is 0 Å². The van der Waals surface area contributed by atoms with Gasteiger partial charge in [-0.15, -0.1) is 11.3 Å². The van der Waals surface area contributed by atoms with Gasteiger partial charge in [0.15, 0.2) is 11.7 Å². The van der Waals surface area contributed by atoms with Gasteiger partial charge in [-0.25, -0.2) is 4.98 Å². The van der Waals surface area contributed by atoms with Gasteiger partial charge < -0.3 is 4.74 Å². The lowest BCUT2D eigenvalue weighted by Gasteiger charge is -2.18. The average Bonchev–Trinajstić information content (AvgIpc) is 2.98. The van der Waals surface area contributed by atoms with E-state index in [9.17, 15) is 4.79 Å². The molecule has 0 unspecified atom stereocenters. The van der Waals surface area contributed by atoms with E-state index in [-0.39, 0.29) is 12.5 Å². The maximum absolute atomic E-state index is 11.8. The zero-order chi connectivity index (χ0) is 13.8. The first kappa shape index (κ1) is 13.1. The minimum atomic E-state index is -0.193. The van der Waals surface area contributed by atoms with Gasteiger partial charge in [0.25, 0.3) is 5.91 Å². The molecule has 5 nitrogen and oxygen atoms in total. The third kappa shape index (κ3) is 2.96. The number of carbonyl (C=O) groups excluding carboxylic acids is 1. The molecule has 1 amide bonds. The number of amides is 1. The maximum Gasteiger partial charge on any atom is 0.264 e. The van der Waals surface area contributed by atoms with E-state index in [2.05, 4.69) is 15.3 Å². The summed E-state index contributed by atoms with van der Waals surface area (Å²) in [6.07, 6.45) is 7.71. The molecule has 0 aliphatic heterocycles. The number of hydrogen-bond donors (Lipinski definition) is 1. The van der Waals surface area contributed by atoms with Gasteiger partial charge in [0.05, 0.1) is 0 Å². The third-order valence-corrected chi connectivity index (χ3v) is 3.92. The summed E-state index contributed by atoms with van der Waals surface area (Å²) in [7, 11) is 0. The van der Waals surface area contributed by atoms with Crippen LogP contribution in [0.25, 0.3) is 0 Å². The smallest absolute Gasteiger partial charge is 0.264 e. The van der Waals surface area contributed by atoms with E-state index in [1.54, 1.807) is 12.4 Å². The van der Waals surface area contributed by atoms with Gasteiger partial charge in [-0.05, 0) is 31.7 Å². The predicted molar refractivity (Wildman–Crippen MR) is 77.1 cm³/mol. The standard InChI is InChI=1S/C14H15N3O2S/c18-13(17-14-16-7-8-20-14)9-19-12-5-6-15-11-4-2-1-3-10(11)12/h5-8H,1-4,9H2,(H,16,17,18). The number of pyridine rings is 1. The topological polar surface area (TPSA) is 64.1 Å². The number of nitrogens with zero attached hydrogens (tertiary/aromatic N) is 2. The fourth-order valence-electron chi connectivity index (χ4n) is 2.31. The highest BCUT2D eigenvalue weighted by Crippen LogP contribution is 2.27. The number of anilines is 1. The molecule has 0 aromatic carbocycles. The average molecular weight is 289 g/mol. The third-order valence-electron chi connectivity index (χ3n) is 3.23. The number of fused-ring (bicyclic) bond motifs is 1. The monoisotopic (exact) mass is 289 g/mol. The number of thiazole rings is 1. The van der Waals surface area contributed by atoms with Gasteiger partial charge in [-0.2, -0.15) is 0 Å². The van der Waals surface area contributed by atoms with Crippen molar-refractivity contribution in [3.8, 4) is 5.75 Å². The Morgan fingerprint density at radius 1 is 1.30 bits per heavy atom. The molecule has 0 saturated carbocycles. The van der Waals surface area contributed by atoms with Gasteiger partial charge in [0.1, 0.15) is 5.75 Å². The molecule has 3 rings (SSSR count). The van der Waals surface area contributed by atoms with Crippen LogP contribution in [0.1, 0.15) is 24.1 Å². The number of hydrogen-bond acceptors (Lipinski definition) is 5. The van der Waals surface area contributed by atoms with Crippen molar-refractivity contribution in [2.24, 2.45) is 0 Å². The van der Waals surface area contributed by atoms with Gasteiger partial charge in [0, 0.05) is 29.0 Å². The molecule has 2 aromatic heterocycles. The van der Waals surface area contributed by atoms with Gasteiger partial charge in [0.2, 0.25) is 0 Å². The summed E-state index contributed by atoms with van der Waals surface area (Å²) >= 11 is 1.39. The van der Waals surface area contributed by atoms with Crippen LogP contribution >= 0.6 is 11.3 Å². The fourth-order valence-corrected chi connectivity index (χ4v) is 2.86. The lowest BCUT2D eigenvalue weighted by Crippen LogP contribution is -2.21. The van der Waals surface area contributed by atoms with Crippen LogP contribution in [-0.2, 0) is 17.6 Å². The molecule has 0 atom stereocenters. The Morgan fingerprint density at radius 3 is 3.05 bits per heavy atom. The van der Waals surface area contributed by atoms with Crippen LogP contribution in [0.5, 0.6) is 5.75 Å². The molecule has 0 fully saturated rings. The van der Waals surface area contributed by atoms with Crippen LogP contribution in [0.4, 0.5) is 5.13 Å². The van der Waals surface area contributed by atoms with E-state index in [1.807, 2.05) is 11.4 Å². The predicted octanol–water partition coefficient (Wildman–Crippen LogP) is 2.43. The first-order chi connectivity index (χ1) is 9.83. The SMILES string of the molecule is O=C(COc1ccnc2c1CCCC2)Nc1nccs1. The Hall–Kier alpha value is -1.95. The molecule has 2 aromatic rings. The molecular weight excluding hydrogens is 274 g/mol. The van der Waals surface area contributed by atoms with E-state index in [1.165, 1.54) is 17.8 Å². The number of aryl methyl sites for hydroxylation is 1. The quantitative estimate of drug-likeness (QED) is 0.939. The molecule has 1 aliphatic carbocycles. The van der Waals surface area contributed by atoms with Crippen LogP contribution < -0.4 is 10.1 Å². The Bertz CT molecular complexity index is 598. The molecule has 0 saturated heterocycles. The highest BCUT2D eigenvalue weighted by molar-refractivity contribution is 7.13. The Labute approximate surface area is 121 Å². The number of carbonyl (C=O) groups is 1. The minimum absolute atomic E-state index is 0.00394. The van der Waals surface area contributed by atoms with Gasteiger partial charge in [-0.1, -0.05) is 0 Å². The highest BCUT2D eigenvalue weighted by Gasteiger charge is 2.16. The zero-order valence-corrected chi connectivity index (χ0v) is 11.8. The summed E-state index contributed by atoms with van der Waals surface area (Å²) < 4.78 is 5.64. The van der Waals surface area contributed by atoms with Crippen molar-refractivity contribution in [3.05, 3.63) is 35.1 Å². The highest BCUT2D eigenvalue weighted by atomic mass is 32.1. The molecule has 1 aliphatic rings. The number of ether oxygens (including phenoxy) is 1. The van der Waals surface area contributed by atoms with Crippen LogP contribution in [0.3, 0.4) is 0 Å². The van der Waals surface area contributed by atoms with Crippen LogP contribution in [-0.4, -0.2) is 22.5 Å². The number of nitrogens with one attached hydrogen (secondary N) is 1. The molecule has 2 heterocycles. The van der Waals surface area contributed by atoms with Crippen molar-refractivity contribution in [2.75, 3.05) is 11.9 Å². The maximum atomic E-state index is 11.8. The van der Waals surface area contributed by atoms with E-state index in [4.69, 9.17) is 4.74 Å². The van der Waals surface area contributed by atoms with Crippen LogP contribution in [0, 0.1) is 0 Å². The van der Waals surface area contributed by atoms with E-state index in [0.717, 1.165) is 36.3 Å². The van der Waals surface area contributed by atoms with Crippen molar-refractivity contribution in [2.45, 2.75) is 25.7 Å². The molecule has 20 heavy (non-hydrogen) atoms. The second-order valence-corrected chi connectivity index (χ2v) is 5.51. The summed E-state index contributed by atoms with van der Waals surface area (Å²) in [6.45, 7) is -0.00394. The first-order valence-electron chi connectivity index (χ1n) is 6.62. The van der Waals surface area contributed by atoms with Crippen molar-refractivity contribution < 1.29 is 9.53 Å². The molecule has 0 spiro atoms. The van der Waals surface area contributed by atoms with Crippen molar-refractivity contribution in [1.29, 1.82) is 0 Å². The van der Waals surface area contributed by atoms with Crippen molar-refractivity contribution in [3.63, 3.8) is 0 Å². The molecule has 6 heteroatoms. The second kappa shape index (κ2) is 6.00. The van der Waals surface area contributed by atoms with Crippen molar-refractivity contribution in [1.82, 2.24) is 9.97 Å². The number of rotatable bonds is 4. The molecule has 0 bridgehead atoms. The van der Waals surface area contributed by atoms with E-state index < -0.39 is 0 Å². The lowest BCUT2D eigenvalue weighted by atomic mass is 9.95. The van der Waals surface area contributed by atoms with E-state index >= 15 is 0 Å². The molecule has 0 radical (unpaired) electrons. The molecule has 1 N–H and O–H groups in total. The summed E-state index contributed by atoms with van der Waals surface area (Å²) in [5.41, 5.74) is 2.26. The largest absolute Gasteiger partial charge is 0.483 e. The van der Waals surface area contributed by atoms with Crippen molar-refractivity contribution >= 4 is 22.4 Å². The minimum Gasteiger partial charge on any atom is -0.483 e. The Kier molecular flexibility index (Phi) is 3.92. The van der Waals surface area contributed by atoms with Gasteiger partial charge in [-0.3, -0.25) is 15.1 Å². The Morgan fingerprint density at radius 2 is 2.20 bits per heavy atom. The fraction of sp³-hybridized carbons (Fsp3) is 0.357. The normalized spacial score (nSPS) is 13.6. The number of aromatic nitrogens is 2. The van der Waals surface area contributed by atoms with Crippen LogP contribution in [0.15, 0.2) is 23.8 Å². The zero-order valence-electron chi connectivity index (χ0n) is 11.0. The first-order valence-corrected chi connectivity index (χ1v) is 7.50. The summed E-state index contributed by atoms with van der Waals surface area (Å²) in [5, 5.41) is 5.11. The molecule has 104 valence electrons. The Balaban J connectivity index is 1.62. The van der Waals surface area contributed by atoms with Crippen LogP contribution in [0.2, 0.25) is 0 Å². The second-order valence-electron chi connectivity index (χ2n) is 4.62.